The Kier molecular flexibility index (Phi) is 9.32. The first kappa shape index (κ1) is 26.3. The van der Waals surface area contributed by atoms with Gasteiger partial charge in [0.1, 0.15) is 12.3 Å². The van der Waals surface area contributed by atoms with E-state index < -0.39 is 10.0 Å². The number of amides is 1. The second kappa shape index (κ2) is 12.4. The molecule has 0 aliphatic heterocycles. The van der Waals surface area contributed by atoms with E-state index in [1.807, 2.05) is 44.2 Å². The van der Waals surface area contributed by atoms with E-state index in [1.165, 1.54) is 4.31 Å². The standard InChI is InChI=1S/C28H34N2O4S/c1-4-19-34-27-15-9-8-11-24(27)12-10-18-29-28(31)21-30(25-17-16-22(2)23(3)20-25)35(32,33)26-13-6-5-7-14-26/h5-9,11,13-17,20H,4,10,12,18-19,21H2,1-3H3,(H,29,31). The first-order valence-corrected chi connectivity index (χ1v) is 13.4. The van der Waals surface area contributed by atoms with Gasteiger partial charge in [0, 0.05) is 6.54 Å². The molecule has 0 radical (unpaired) electrons. The molecule has 1 amide bonds. The van der Waals surface area contributed by atoms with Gasteiger partial charge in [0.15, 0.2) is 0 Å². The van der Waals surface area contributed by atoms with E-state index in [1.54, 1.807) is 42.5 Å². The van der Waals surface area contributed by atoms with Crippen molar-refractivity contribution in [1.29, 1.82) is 0 Å². The van der Waals surface area contributed by atoms with Gasteiger partial charge in [0.05, 0.1) is 17.2 Å². The number of nitrogens with one attached hydrogen (secondary N) is 1. The molecule has 0 saturated carbocycles. The molecule has 0 atom stereocenters. The van der Waals surface area contributed by atoms with Crippen molar-refractivity contribution in [1.82, 2.24) is 5.32 Å². The number of anilines is 1. The summed E-state index contributed by atoms with van der Waals surface area (Å²) in [6.07, 6.45) is 2.41. The summed E-state index contributed by atoms with van der Waals surface area (Å²) in [6, 6.07) is 21.5. The van der Waals surface area contributed by atoms with E-state index in [9.17, 15) is 13.2 Å². The van der Waals surface area contributed by atoms with Crippen molar-refractivity contribution in [3.05, 3.63) is 89.5 Å². The lowest BCUT2D eigenvalue weighted by Crippen LogP contribution is -2.41. The summed E-state index contributed by atoms with van der Waals surface area (Å²) in [5.41, 5.74) is 3.58. The van der Waals surface area contributed by atoms with Crippen LogP contribution in [0.1, 0.15) is 36.5 Å². The summed E-state index contributed by atoms with van der Waals surface area (Å²) >= 11 is 0. The van der Waals surface area contributed by atoms with Gasteiger partial charge >= 0.3 is 0 Å². The normalized spacial score (nSPS) is 11.2. The SMILES string of the molecule is CCCOc1ccccc1CCCNC(=O)CN(c1ccc(C)c(C)c1)S(=O)(=O)c1ccccc1. The lowest BCUT2D eigenvalue weighted by Gasteiger charge is -2.25. The summed E-state index contributed by atoms with van der Waals surface area (Å²) in [5.74, 6) is 0.522. The van der Waals surface area contributed by atoms with Gasteiger partial charge in [-0.05, 0) is 80.1 Å². The molecule has 3 aromatic rings. The molecule has 0 aromatic heterocycles. The predicted molar refractivity (Wildman–Crippen MR) is 140 cm³/mol. The third-order valence-electron chi connectivity index (χ3n) is 5.78. The third-order valence-corrected chi connectivity index (χ3v) is 7.56. The van der Waals surface area contributed by atoms with Crippen LogP contribution in [0.5, 0.6) is 5.75 Å². The number of aryl methyl sites for hydroxylation is 3. The van der Waals surface area contributed by atoms with Gasteiger partial charge in [-0.3, -0.25) is 9.10 Å². The topological polar surface area (TPSA) is 75.7 Å². The Bertz CT molecular complexity index is 1230. The summed E-state index contributed by atoms with van der Waals surface area (Å²) in [7, 11) is -3.91. The molecule has 0 heterocycles. The summed E-state index contributed by atoms with van der Waals surface area (Å²) in [6.45, 7) is 6.76. The number of benzene rings is 3. The van der Waals surface area contributed by atoms with Crippen LogP contribution in [0.25, 0.3) is 0 Å². The van der Waals surface area contributed by atoms with Gasteiger partial charge in [-0.25, -0.2) is 8.42 Å². The molecule has 0 spiro atoms. The Morgan fingerprint density at radius 1 is 0.943 bits per heavy atom. The quantitative estimate of drug-likeness (QED) is 0.358. The number of hydrogen-bond donors (Lipinski definition) is 1. The minimum atomic E-state index is -3.91. The van der Waals surface area contributed by atoms with Gasteiger partial charge < -0.3 is 10.1 Å². The highest BCUT2D eigenvalue weighted by Crippen LogP contribution is 2.25. The monoisotopic (exact) mass is 494 g/mol. The average Bonchev–Trinajstić information content (AvgIpc) is 2.86. The first-order chi connectivity index (χ1) is 16.8. The lowest BCUT2D eigenvalue weighted by atomic mass is 10.1. The molecule has 6 nitrogen and oxygen atoms in total. The van der Waals surface area contributed by atoms with Crippen LogP contribution < -0.4 is 14.4 Å². The lowest BCUT2D eigenvalue weighted by molar-refractivity contribution is -0.119. The van der Waals surface area contributed by atoms with Crippen LogP contribution in [0.4, 0.5) is 5.69 Å². The highest BCUT2D eigenvalue weighted by Gasteiger charge is 2.27. The van der Waals surface area contributed by atoms with Gasteiger partial charge in [0.2, 0.25) is 5.91 Å². The number of carbonyl (C=O) groups is 1. The Balaban J connectivity index is 1.68. The molecule has 3 aromatic carbocycles. The van der Waals surface area contributed by atoms with Crippen molar-refractivity contribution in [2.24, 2.45) is 0 Å². The van der Waals surface area contributed by atoms with Crippen LogP contribution in [-0.2, 0) is 21.2 Å². The van der Waals surface area contributed by atoms with E-state index in [0.717, 1.165) is 35.3 Å². The maximum Gasteiger partial charge on any atom is 0.264 e. The van der Waals surface area contributed by atoms with Gasteiger partial charge in [-0.2, -0.15) is 0 Å². The first-order valence-electron chi connectivity index (χ1n) is 12.0. The van der Waals surface area contributed by atoms with E-state index in [2.05, 4.69) is 12.2 Å². The molecule has 0 aliphatic rings. The number of carbonyl (C=O) groups excluding carboxylic acids is 1. The maximum absolute atomic E-state index is 13.4. The molecule has 35 heavy (non-hydrogen) atoms. The molecule has 186 valence electrons. The third kappa shape index (κ3) is 7.09. The molecular formula is C28H34N2O4S. The molecule has 0 fully saturated rings. The molecule has 0 saturated heterocycles. The number of ether oxygens (including phenoxy) is 1. The Morgan fingerprint density at radius 3 is 2.37 bits per heavy atom. The Hall–Kier alpha value is -3.32. The second-order valence-electron chi connectivity index (χ2n) is 8.50. The molecule has 3 rings (SSSR count). The van der Waals surface area contributed by atoms with Crippen LogP contribution in [0.2, 0.25) is 0 Å². The number of nitrogens with zero attached hydrogens (tertiary/aromatic N) is 1. The molecule has 0 aliphatic carbocycles. The van der Waals surface area contributed by atoms with Crippen LogP contribution in [0.15, 0.2) is 77.7 Å². The van der Waals surface area contributed by atoms with Crippen molar-refractivity contribution in [2.75, 3.05) is 24.0 Å². The van der Waals surface area contributed by atoms with E-state index >= 15 is 0 Å². The summed E-state index contributed by atoms with van der Waals surface area (Å²) in [5, 5.41) is 2.88. The molecule has 1 N–H and O–H groups in total. The van der Waals surface area contributed by atoms with Crippen molar-refractivity contribution in [2.45, 2.75) is 44.9 Å². The van der Waals surface area contributed by atoms with Gasteiger partial charge in [-0.15, -0.1) is 0 Å². The fourth-order valence-electron chi connectivity index (χ4n) is 3.67. The minimum Gasteiger partial charge on any atom is -0.493 e. The minimum absolute atomic E-state index is 0.148. The fraction of sp³-hybridized carbons (Fsp3) is 0.321. The molecule has 0 bridgehead atoms. The maximum atomic E-state index is 13.4. The van der Waals surface area contributed by atoms with Crippen molar-refractivity contribution < 1.29 is 17.9 Å². The summed E-state index contributed by atoms with van der Waals surface area (Å²) < 4.78 is 33.9. The highest BCUT2D eigenvalue weighted by atomic mass is 32.2. The largest absolute Gasteiger partial charge is 0.493 e. The molecular weight excluding hydrogens is 460 g/mol. The van der Waals surface area contributed by atoms with E-state index in [0.29, 0.717) is 25.3 Å². The van der Waals surface area contributed by atoms with E-state index in [4.69, 9.17) is 4.74 Å². The van der Waals surface area contributed by atoms with Crippen molar-refractivity contribution in [3.63, 3.8) is 0 Å². The predicted octanol–water partition coefficient (Wildman–Crippen LogP) is 5.04. The van der Waals surface area contributed by atoms with E-state index in [-0.39, 0.29) is 17.3 Å². The molecule has 0 unspecified atom stereocenters. The Labute approximate surface area is 209 Å². The highest BCUT2D eigenvalue weighted by molar-refractivity contribution is 7.92. The van der Waals surface area contributed by atoms with Crippen LogP contribution in [0.3, 0.4) is 0 Å². The Morgan fingerprint density at radius 2 is 1.66 bits per heavy atom. The number of sulfonamides is 1. The molecule has 7 heteroatoms. The van der Waals surface area contributed by atoms with Gasteiger partial charge in [-0.1, -0.05) is 49.4 Å². The van der Waals surface area contributed by atoms with Gasteiger partial charge in [0.25, 0.3) is 10.0 Å². The van der Waals surface area contributed by atoms with Crippen LogP contribution in [0, 0.1) is 13.8 Å². The number of para-hydroxylation sites is 1. The van der Waals surface area contributed by atoms with Crippen molar-refractivity contribution in [3.8, 4) is 5.75 Å². The summed E-state index contributed by atoms with van der Waals surface area (Å²) in [4.78, 5) is 13.0. The van der Waals surface area contributed by atoms with Crippen molar-refractivity contribution >= 4 is 21.6 Å². The zero-order valence-electron chi connectivity index (χ0n) is 20.7. The van der Waals surface area contributed by atoms with Crippen LogP contribution in [-0.4, -0.2) is 34.0 Å². The van der Waals surface area contributed by atoms with Crippen LogP contribution >= 0.6 is 0 Å². The zero-order valence-corrected chi connectivity index (χ0v) is 21.5. The number of hydrogen-bond acceptors (Lipinski definition) is 4. The number of rotatable bonds is 12. The average molecular weight is 495 g/mol. The fourth-order valence-corrected chi connectivity index (χ4v) is 5.11. The zero-order chi connectivity index (χ0) is 25.3. The smallest absolute Gasteiger partial charge is 0.264 e. The second-order valence-corrected chi connectivity index (χ2v) is 10.4.